The Morgan fingerprint density at radius 1 is 1.50 bits per heavy atom. The molecule has 1 unspecified atom stereocenters. The molecule has 0 aliphatic carbocycles. The first-order chi connectivity index (χ1) is 8.49. The van der Waals surface area contributed by atoms with E-state index in [9.17, 15) is 8.42 Å². The van der Waals surface area contributed by atoms with Gasteiger partial charge in [-0.05, 0) is 13.8 Å². The second-order valence-corrected chi connectivity index (χ2v) is 6.01. The van der Waals surface area contributed by atoms with Crippen molar-refractivity contribution in [1.82, 2.24) is 19.3 Å². The molecule has 0 bridgehead atoms. The van der Waals surface area contributed by atoms with Gasteiger partial charge in [0.15, 0.2) is 0 Å². The lowest BCUT2D eigenvalue weighted by Crippen LogP contribution is -2.50. The predicted molar refractivity (Wildman–Crippen MR) is 66.2 cm³/mol. The van der Waals surface area contributed by atoms with Crippen molar-refractivity contribution in [2.24, 2.45) is 0 Å². The first kappa shape index (κ1) is 13.5. The SMILES string of the molecule is Cc1cnc(C(C)NS(=O)(=O)N2CCNCC2)o1. The average molecular weight is 274 g/mol. The van der Waals surface area contributed by atoms with Gasteiger partial charge in [-0.25, -0.2) is 4.98 Å². The standard InChI is InChI=1S/C10H18N4O3S/c1-8-7-12-10(17-8)9(2)13-18(15,16)14-5-3-11-4-6-14/h7,9,11,13H,3-6H2,1-2H3. The Balaban J connectivity index is 2.03. The highest BCUT2D eigenvalue weighted by atomic mass is 32.2. The van der Waals surface area contributed by atoms with Gasteiger partial charge >= 0.3 is 0 Å². The third-order valence-corrected chi connectivity index (χ3v) is 4.45. The largest absolute Gasteiger partial charge is 0.444 e. The maximum atomic E-state index is 12.1. The summed E-state index contributed by atoms with van der Waals surface area (Å²) in [6.07, 6.45) is 1.57. The Labute approximate surface area is 107 Å². The average Bonchev–Trinajstić information content (AvgIpc) is 2.77. The van der Waals surface area contributed by atoms with Gasteiger partial charge in [-0.3, -0.25) is 0 Å². The summed E-state index contributed by atoms with van der Waals surface area (Å²) in [5.41, 5.74) is 0. The van der Waals surface area contributed by atoms with Crippen molar-refractivity contribution in [2.45, 2.75) is 19.9 Å². The van der Waals surface area contributed by atoms with E-state index in [4.69, 9.17) is 4.42 Å². The molecule has 102 valence electrons. The number of aromatic nitrogens is 1. The highest BCUT2D eigenvalue weighted by Crippen LogP contribution is 2.14. The molecule has 1 atom stereocenters. The lowest BCUT2D eigenvalue weighted by Gasteiger charge is -2.27. The summed E-state index contributed by atoms with van der Waals surface area (Å²) < 4.78 is 33.5. The van der Waals surface area contributed by atoms with E-state index in [1.165, 1.54) is 4.31 Å². The molecular formula is C10H18N4O3S. The lowest BCUT2D eigenvalue weighted by atomic mass is 10.4. The van der Waals surface area contributed by atoms with Crippen LogP contribution in [0.4, 0.5) is 0 Å². The van der Waals surface area contributed by atoms with Gasteiger partial charge in [0.1, 0.15) is 5.76 Å². The van der Waals surface area contributed by atoms with E-state index < -0.39 is 16.3 Å². The number of nitrogens with zero attached hydrogens (tertiary/aromatic N) is 2. The van der Waals surface area contributed by atoms with Crippen molar-refractivity contribution in [3.05, 3.63) is 17.8 Å². The summed E-state index contributed by atoms with van der Waals surface area (Å²) in [6, 6.07) is -0.474. The fourth-order valence-electron chi connectivity index (χ4n) is 1.81. The zero-order valence-corrected chi connectivity index (χ0v) is 11.3. The molecule has 1 saturated heterocycles. The van der Waals surface area contributed by atoms with E-state index in [1.54, 1.807) is 20.0 Å². The molecule has 7 nitrogen and oxygen atoms in total. The van der Waals surface area contributed by atoms with Crippen LogP contribution in [0.3, 0.4) is 0 Å². The van der Waals surface area contributed by atoms with Crippen molar-refractivity contribution in [3.8, 4) is 0 Å². The summed E-state index contributed by atoms with van der Waals surface area (Å²) in [4.78, 5) is 4.02. The van der Waals surface area contributed by atoms with Crippen LogP contribution in [0.2, 0.25) is 0 Å². The fraction of sp³-hybridized carbons (Fsp3) is 0.700. The minimum atomic E-state index is -3.48. The number of piperazine rings is 1. The fourth-order valence-corrected chi connectivity index (χ4v) is 3.17. The zero-order chi connectivity index (χ0) is 13.2. The number of hydrogen-bond donors (Lipinski definition) is 2. The predicted octanol–water partition coefficient (Wildman–Crippen LogP) is -0.216. The zero-order valence-electron chi connectivity index (χ0n) is 10.5. The van der Waals surface area contributed by atoms with Crippen molar-refractivity contribution in [2.75, 3.05) is 26.2 Å². The van der Waals surface area contributed by atoms with Crippen LogP contribution in [0, 0.1) is 6.92 Å². The Bertz CT molecular complexity index is 493. The smallest absolute Gasteiger partial charge is 0.280 e. The van der Waals surface area contributed by atoms with E-state index in [1.807, 2.05) is 0 Å². The number of oxazole rings is 1. The summed E-state index contributed by atoms with van der Waals surface area (Å²) in [7, 11) is -3.48. The van der Waals surface area contributed by atoms with Crippen LogP contribution in [0.25, 0.3) is 0 Å². The quantitative estimate of drug-likeness (QED) is 0.793. The van der Waals surface area contributed by atoms with Gasteiger partial charge in [0, 0.05) is 26.2 Å². The van der Waals surface area contributed by atoms with Crippen molar-refractivity contribution in [1.29, 1.82) is 0 Å². The van der Waals surface area contributed by atoms with Gasteiger partial charge in [0.05, 0.1) is 12.2 Å². The molecule has 1 fully saturated rings. The summed E-state index contributed by atoms with van der Waals surface area (Å²) >= 11 is 0. The van der Waals surface area contributed by atoms with Crippen LogP contribution < -0.4 is 10.0 Å². The first-order valence-electron chi connectivity index (χ1n) is 5.89. The molecule has 1 aromatic heterocycles. The number of rotatable bonds is 4. The lowest BCUT2D eigenvalue weighted by molar-refractivity contribution is 0.347. The Morgan fingerprint density at radius 3 is 2.72 bits per heavy atom. The molecule has 2 N–H and O–H groups in total. The van der Waals surface area contributed by atoms with Gasteiger partial charge in [-0.2, -0.15) is 17.4 Å². The minimum Gasteiger partial charge on any atom is -0.444 e. The topological polar surface area (TPSA) is 87.5 Å². The third kappa shape index (κ3) is 3.08. The normalized spacial score (nSPS) is 19.9. The minimum absolute atomic E-state index is 0.381. The third-order valence-electron chi connectivity index (χ3n) is 2.75. The maximum absolute atomic E-state index is 12.1. The Hall–Kier alpha value is -0.960. The Morgan fingerprint density at radius 2 is 2.17 bits per heavy atom. The van der Waals surface area contributed by atoms with Crippen molar-refractivity contribution >= 4 is 10.2 Å². The summed E-state index contributed by atoms with van der Waals surface area (Å²) in [5, 5.41) is 3.11. The van der Waals surface area contributed by atoms with Crippen LogP contribution in [0.1, 0.15) is 24.6 Å². The molecule has 18 heavy (non-hydrogen) atoms. The maximum Gasteiger partial charge on any atom is 0.280 e. The summed E-state index contributed by atoms with van der Waals surface area (Å²) in [5.74, 6) is 1.05. The van der Waals surface area contributed by atoms with E-state index in [-0.39, 0.29) is 0 Å². The molecule has 1 aromatic rings. The van der Waals surface area contributed by atoms with E-state index in [0.29, 0.717) is 37.8 Å². The Kier molecular flexibility index (Phi) is 4.00. The molecule has 0 radical (unpaired) electrons. The van der Waals surface area contributed by atoms with Crippen LogP contribution in [0.15, 0.2) is 10.6 Å². The highest BCUT2D eigenvalue weighted by molar-refractivity contribution is 7.87. The first-order valence-corrected chi connectivity index (χ1v) is 7.33. The van der Waals surface area contributed by atoms with Gasteiger partial charge in [0.25, 0.3) is 10.2 Å². The molecular weight excluding hydrogens is 256 g/mol. The van der Waals surface area contributed by atoms with Crippen LogP contribution in [-0.4, -0.2) is 43.9 Å². The van der Waals surface area contributed by atoms with Crippen molar-refractivity contribution in [3.63, 3.8) is 0 Å². The number of hydrogen-bond acceptors (Lipinski definition) is 5. The molecule has 1 aliphatic heterocycles. The molecule has 1 aliphatic rings. The molecule has 2 heterocycles. The molecule has 0 spiro atoms. The van der Waals surface area contributed by atoms with Gasteiger partial charge in [-0.1, -0.05) is 0 Å². The molecule has 0 amide bonds. The van der Waals surface area contributed by atoms with Crippen LogP contribution in [0.5, 0.6) is 0 Å². The van der Waals surface area contributed by atoms with Gasteiger partial charge in [-0.15, -0.1) is 0 Å². The van der Waals surface area contributed by atoms with E-state index >= 15 is 0 Å². The van der Waals surface area contributed by atoms with E-state index in [2.05, 4.69) is 15.0 Å². The molecule has 8 heteroatoms. The van der Waals surface area contributed by atoms with Crippen LogP contribution in [-0.2, 0) is 10.2 Å². The van der Waals surface area contributed by atoms with Gasteiger partial charge < -0.3 is 9.73 Å². The second-order valence-electron chi connectivity index (χ2n) is 4.30. The van der Waals surface area contributed by atoms with Crippen LogP contribution >= 0.6 is 0 Å². The molecule has 2 rings (SSSR count). The number of nitrogens with one attached hydrogen (secondary N) is 2. The molecule has 0 saturated carbocycles. The monoisotopic (exact) mass is 274 g/mol. The van der Waals surface area contributed by atoms with Gasteiger partial charge in [0.2, 0.25) is 5.89 Å². The highest BCUT2D eigenvalue weighted by Gasteiger charge is 2.26. The summed E-state index contributed by atoms with van der Waals surface area (Å²) in [6.45, 7) is 5.79. The molecule has 0 aromatic carbocycles. The second kappa shape index (κ2) is 5.35. The number of aryl methyl sites for hydroxylation is 1. The van der Waals surface area contributed by atoms with Crippen molar-refractivity contribution < 1.29 is 12.8 Å². The van der Waals surface area contributed by atoms with E-state index in [0.717, 1.165) is 0 Å².